The van der Waals surface area contributed by atoms with Gasteiger partial charge in [-0.1, -0.05) is 36.8 Å². The fourth-order valence-corrected chi connectivity index (χ4v) is 2.90. The van der Waals surface area contributed by atoms with E-state index in [0.717, 1.165) is 17.7 Å². The van der Waals surface area contributed by atoms with Gasteiger partial charge in [0.2, 0.25) is 5.91 Å². The van der Waals surface area contributed by atoms with Crippen LogP contribution >= 0.6 is 0 Å². The number of aryl methyl sites for hydroxylation is 1. The molecule has 0 bridgehead atoms. The Balaban J connectivity index is 1.68. The molecule has 1 aliphatic rings. The van der Waals surface area contributed by atoms with Gasteiger partial charge in [0.25, 0.3) is 0 Å². The van der Waals surface area contributed by atoms with E-state index in [0.29, 0.717) is 24.7 Å². The van der Waals surface area contributed by atoms with Gasteiger partial charge in [-0.3, -0.25) is 9.59 Å². The second-order valence-corrected chi connectivity index (χ2v) is 6.46. The molecule has 0 spiro atoms. The van der Waals surface area contributed by atoms with Crippen LogP contribution in [0.3, 0.4) is 0 Å². The van der Waals surface area contributed by atoms with Crippen molar-refractivity contribution in [2.75, 3.05) is 18.1 Å². The van der Waals surface area contributed by atoms with E-state index in [1.54, 1.807) is 23.1 Å². The first-order valence-corrected chi connectivity index (χ1v) is 8.89. The van der Waals surface area contributed by atoms with E-state index in [2.05, 4.69) is 0 Å². The number of hydrogen-bond acceptors (Lipinski definition) is 4. The van der Waals surface area contributed by atoms with Crippen molar-refractivity contribution < 1.29 is 19.1 Å². The summed E-state index contributed by atoms with van der Waals surface area (Å²) < 4.78 is 11.2. The summed E-state index contributed by atoms with van der Waals surface area (Å²) in [6.07, 6.45) is 1.02. The molecule has 2 aromatic carbocycles. The number of nitrogens with zero attached hydrogens (tertiary/aromatic N) is 1. The summed E-state index contributed by atoms with van der Waals surface area (Å²) >= 11 is 0. The zero-order valence-corrected chi connectivity index (χ0v) is 15.1. The molecule has 136 valence electrons. The third-order valence-electron chi connectivity index (χ3n) is 4.33. The Kier molecular flexibility index (Phi) is 5.56. The number of para-hydroxylation sites is 2. The number of carbonyl (C=O) groups excluding carboxylic acids is 2. The van der Waals surface area contributed by atoms with Crippen molar-refractivity contribution in [3.63, 3.8) is 0 Å². The lowest BCUT2D eigenvalue weighted by molar-refractivity contribution is -0.139. The lowest BCUT2D eigenvalue weighted by atomic mass is 10.1. The van der Waals surface area contributed by atoms with Crippen LogP contribution in [0.2, 0.25) is 0 Å². The molecule has 0 saturated carbocycles. The molecular weight excluding hydrogens is 330 g/mol. The molecule has 3 rings (SSSR count). The first-order valence-electron chi connectivity index (χ1n) is 8.89. The summed E-state index contributed by atoms with van der Waals surface area (Å²) in [6, 6.07) is 14.8. The Labute approximate surface area is 153 Å². The highest BCUT2D eigenvalue weighted by Crippen LogP contribution is 2.30. The zero-order valence-electron chi connectivity index (χ0n) is 15.1. The molecule has 0 aliphatic carbocycles. The molecule has 26 heavy (non-hydrogen) atoms. The number of benzene rings is 2. The number of anilines is 1. The third kappa shape index (κ3) is 4.04. The van der Waals surface area contributed by atoms with Crippen molar-refractivity contribution in [2.24, 2.45) is 5.92 Å². The molecule has 5 nitrogen and oxygen atoms in total. The van der Waals surface area contributed by atoms with Gasteiger partial charge in [0, 0.05) is 18.7 Å². The normalized spacial score (nSPS) is 16.6. The molecule has 0 aromatic heterocycles. The third-order valence-corrected chi connectivity index (χ3v) is 4.33. The molecule has 0 radical (unpaired) electrons. The average Bonchev–Trinajstić information content (AvgIpc) is 3.03. The number of hydrogen-bond donors (Lipinski definition) is 0. The van der Waals surface area contributed by atoms with Gasteiger partial charge in [0.1, 0.15) is 0 Å². The zero-order chi connectivity index (χ0) is 18.5. The summed E-state index contributed by atoms with van der Waals surface area (Å²) in [5.74, 6) is -0.00975. The lowest BCUT2D eigenvalue weighted by Gasteiger charge is -2.17. The summed E-state index contributed by atoms with van der Waals surface area (Å²) in [4.78, 5) is 26.5. The molecule has 1 saturated heterocycles. The van der Waals surface area contributed by atoms with Crippen molar-refractivity contribution in [1.29, 1.82) is 0 Å². The fourth-order valence-electron chi connectivity index (χ4n) is 2.90. The highest BCUT2D eigenvalue weighted by atomic mass is 16.6. The van der Waals surface area contributed by atoms with Crippen molar-refractivity contribution in [3.8, 4) is 11.5 Å². The van der Waals surface area contributed by atoms with E-state index in [-0.39, 0.29) is 12.3 Å². The minimum atomic E-state index is -0.483. The summed E-state index contributed by atoms with van der Waals surface area (Å²) in [5.41, 5.74) is 1.93. The summed E-state index contributed by atoms with van der Waals surface area (Å²) in [6.45, 7) is 4.89. The van der Waals surface area contributed by atoms with Crippen molar-refractivity contribution >= 4 is 17.6 Å². The number of esters is 1. The van der Waals surface area contributed by atoms with Crippen molar-refractivity contribution in [2.45, 2.75) is 26.7 Å². The Hall–Kier alpha value is -2.82. The highest BCUT2D eigenvalue weighted by molar-refractivity contribution is 5.99. The smallest absolute Gasteiger partial charge is 0.316 e. The van der Waals surface area contributed by atoms with Crippen LogP contribution in [0.15, 0.2) is 48.5 Å². The standard InChI is InChI=1S/C21H23NO4/c1-3-12-25-18-6-4-5-7-19(18)26-21(24)16-13-20(23)22(14-16)17-10-8-15(2)9-11-17/h4-11,16H,3,12-14H2,1-2H3. The Morgan fingerprint density at radius 1 is 1.12 bits per heavy atom. The van der Waals surface area contributed by atoms with Gasteiger partial charge in [-0.25, -0.2) is 0 Å². The van der Waals surface area contributed by atoms with Gasteiger partial charge in [-0.15, -0.1) is 0 Å². The number of rotatable bonds is 6. The van der Waals surface area contributed by atoms with E-state index in [4.69, 9.17) is 9.47 Å². The molecule has 0 N–H and O–H groups in total. The number of carbonyl (C=O) groups is 2. The number of amides is 1. The van der Waals surface area contributed by atoms with E-state index in [1.165, 1.54) is 0 Å². The van der Waals surface area contributed by atoms with Gasteiger partial charge >= 0.3 is 5.97 Å². The van der Waals surface area contributed by atoms with E-state index < -0.39 is 11.9 Å². The number of ether oxygens (including phenoxy) is 2. The van der Waals surface area contributed by atoms with Crippen LogP contribution < -0.4 is 14.4 Å². The van der Waals surface area contributed by atoms with Crippen LogP contribution in [0.5, 0.6) is 11.5 Å². The molecule has 2 aromatic rings. The topological polar surface area (TPSA) is 55.8 Å². The van der Waals surface area contributed by atoms with Gasteiger partial charge in [0.05, 0.1) is 12.5 Å². The molecule has 1 atom stereocenters. The first kappa shape index (κ1) is 18.0. The molecule has 1 amide bonds. The molecule has 1 fully saturated rings. The van der Waals surface area contributed by atoms with Gasteiger partial charge in [-0.05, 0) is 37.6 Å². The van der Waals surface area contributed by atoms with Crippen LogP contribution in [0.25, 0.3) is 0 Å². The van der Waals surface area contributed by atoms with Gasteiger partial charge in [-0.2, -0.15) is 0 Å². The minimum absolute atomic E-state index is 0.0636. The first-order chi connectivity index (χ1) is 12.6. The predicted octanol–water partition coefficient (Wildman–Crippen LogP) is 3.74. The van der Waals surface area contributed by atoms with E-state index in [9.17, 15) is 9.59 Å². The quantitative estimate of drug-likeness (QED) is 0.586. The second kappa shape index (κ2) is 8.04. The lowest BCUT2D eigenvalue weighted by Crippen LogP contribution is -2.27. The molecule has 1 aliphatic heterocycles. The molecular formula is C21H23NO4. The molecule has 1 unspecified atom stereocenters. The average molecular weight is 353 g/mol. The Morgan fingerprint density at radius 3 is 2.50 bits per heavy atom. The highest BCUT2D eigenvalue weighted by Gasteiger charge is 2.36. The van der Waals surface area contributed by atoms with E-state index >= 15 is 0 Å². The van der Waals surface area contributed by atoms with Crippen LogP contribution in [-0.4, -0.2) is 25.0 Å². The van der Waals surface area contributed by atoms with Gasteiger partial charge in [0.15, 0.2) is 11.5 Å². The van der Waals surface area contributed by atoms with Crippen LogP contribution in [-0.2, 0) is 9.59 Å². The predicted molar refractivity (Wildman–Crippen MR) is 99.5 cm³/mol. The van der Waals surface area contributed by atoms with Crippen LogP contribution in [0.1, 0.15) is 25.3 Å². The SMILES string of the molecule is CCCOc1ccccc1OC(=O)C1CC(=O)N(c2ccc(C)cc2)C1. The largest absolute Gasteiger partial charge is 0.490 e. The van der Waals surface area contributed by atoms with Crippen molar-refractivity contribution in [1.82, 2.24) is 0 Å². The maximum atomic E-state index is 12.6. The minimum Gasteiger partial charge on any atom is -0.490 e. The Bertz CT molecular complexity index is 785. The fraction of sp³-hybridized carbons (Fsp3) is 0.333. The maximum Gasteiger partial charge on any atom is 0.316 e. The molecule has 1 heterocycles. The molecule has 5 heteroatoms. The summed E-state index contributed by atoms with van der Waals surface area (Å²) in [7, 11) is 0. The monoisotopic (exact) mass is 353 g/mol. The maximum absolute atomic E-state index is 12.6. The van der Waals surface area contributed by atoms with Gasteiger partial charge < -0.3 is 14.4 Å². The summed E-state index contributed by atoms with van der Waals surface area (Å²) in [5, 5.41) is 0. The van der Waals surface area contributed by atoms with Crippen molar-refractivity contribution in [3.05, 3.63) is 54.1 Å². The van der Waals surface area contributed by atoms with Crippen LogP contribution in [0.4, 0.5) is 5.69 Å². The van der Waals surface area contributed by atoms with Crippen LogP contribution in [0, 0.1) is 12.8 Å². The Morgan fingerprint density at radius 2 is 1.81 bits per heavy atom. The van der Waals surface area contributed by atoms with E-state index in [1.807, 2.05) is 44.2 Å². The second-order valence-electron chi connectivity index (χ2n) is 6.46.